The number of rotatable bonds is 4. The van der Waals surface area contributed by atoms with E-state index < -0.39 is 21.2 Å². The average molecular weight is 332 g/mol. The summed E-state index contributed by atoms with van der Waals surface area (Å²) < 4.78 is 6.79. The number of ether oxygens (including phenoxy) is 1. The van der Waals surface area contributed by atoms with Crippen molar-refractivity contribution in [3.05, 3.63) is 43.2 Å². The molecule has 0 heterocycles. The van der Waals surface area contributed by atoms with Crippen LogP contribution in [0.25, 0.3) is 0 Å². The molecule has 0 fully saturated rings. The lowest BCUT2D eigenvalue weighted by atomic mass is 10.4. The highest BCUT2D eigenvalue weighted by Crippen LogP contribution is 1.91. The predicted octanol–water partition coefficient (Wildman–Crippen LogP) is -1.30. The van der Waals surface area contributed by atoms with E-state index in [1.54, 1.807) is 13.8 Å². The second kappa shape index (κ2) is 6.52. The van der Waals surface area contributed by atoms with E-state index in [1.165, 1.54) is 0 Å². The van der Waals surface area contributed by atoms with Gasteiger partial charge in [0.2, 0.25) is 0 Å². The topological polar surface area (TPSA) is 52.3 Å². The zero-order valence-electron chi connectivity index (χ0n) is 9.37. The Kier molecular flexibility index (Phi) is 5.31. The first-order valence-electron chi connectivity index (χ1n) is 4.98. The third-order valence-electron chi connectivity index (χ3n) is 1.74. The molecule has 0 saturated heterocycles. The highest BCUT2D eigenvalue weighted by atomic mass is 127. The minimum Gasteiger partial charge on any atom is -0.459 e. The number of nitrogens with two attached hydrogens (primary N) is 1. The Hall–Kier alpha value is -1.04. The standard InChI is InChI=1S/C12H14INO2/c1-3-16-12(15)11(9(2)14)13-10-7-5-4-6-8-10/h4-8H,3H2,1-2H3,(H-,14,15)/p+1. The third kappa shape index (κ3) is 3.84. The quantitative estimate of drug-likeness (QED) is 0.424. The third-order valence-corrected chi connectivity index (χ3v) is 4.91. The Bertz CT molecular complexity index is 383. The van der Waals surface area contributed by atoms with E-state index in [-0.39, 0.29) is 5.97 Å². The molecule has 0 unspecified atom stereocenters. The van der Waals surface area contributed by atoms with E-state index in [1.807, 2.05) is 30.3 Å². The number of esters is 1. The summed E-state index contributed by atoms with van der Waals surface area (Å²) in [6.07, 6.45) is 0. The van der Waals surface area contributed by atoms with Crippen LogP contribution in [0.3, 0.4) is 0 Å². The molecule has 0 amide bonds. The Labute approximate surface area is 106 Å². The summed E-state index contributed by atoms with van der Waals surface area (Å²) in [5.41, 5.74) is 6.29. The van der Waals surface area contributed by atoms with Crippen LogP contribution < -0.4 is 26.9 Å². The number of allylic oxidation sites excluding steroid dienone is 1. The molecule has 3 nitrogen and oxygen atoms in total. The van der Waals surface area contributed by atoms with Crippen molar-refractivity contribution >= 4 is 5.97 Å². The lowest BCUT2D eigenvalue weighted by Crippen LogP contribution is -3.61. The van der Waals surface area contributed by atoms with E-state index in [0.29, 0.717) is 15.9 Å². The van der Waals surface area contributed by atoms with Crippen molar-refractivity contribution in [2.24, 2.45) is 5.73 Å². The summed E-state index contributed by atoms with van der Waals surface area (Å²) >= 11 is -0.552. The zero-order chi connectivity index (χ0) is 12.0. The van der Waals surface area contributed by atoms with E-state index in [9.17, 15) is 4.79 Å². The Morgan fingerprint density at radius 1 is 1.38 bits per heavy atom. The second-order valence-corrected chi connectivity index (χ2v) is 5.97. The maximum absolute atomic E-state index is 11.7. The summed E-state index contributed by atoms with van der Waals surface area (Å²) in [5, 5.41) is 0. The lowest BCUT2D eigenvalue weighted by Gasteiger charge is -1.98. The maximum Gasteiger partial charge on any atom is 0.387 e. The summed E-state index contributed by atoms with van der Waals surface area (Å²) in [6, 6.07) is 9.90. The monoisotopic (exact) mass is 332 g/mol. The molecule has 16 heavy (non-hydrogen) atoms. The molecule has 0 aliphatic heterocycles. The molecule has 1 aromatic carbocycles. The SMILES string of the molecule is CCOC(=O)/C([I+]c1ccccc1)=C(/C)N. The molecule has 0 spiro atoms. The van der Waals surface area contributed by atoms with Crippen molar-refractivity contribution < 1.29 is 30.7 Å². The van der Waals surface area contributed by atoms with Gasteiger partial charge in [0.15, 0.2) is 3.57 Å². The van der Waals surface area contributed by atoms with Gasteiger partial charge in [-0.2, -0.15) is 0 Å². The van der Waals surface area contributed by atoms with Crippen molar-refractivity contribution in [1.82, 2.24) is 0 Å². The maximum atomic E-state index is 11.7. The first kappa shape index (κ1) is 13.0. The normalized spacial score (nSPS) is 11.9. The second-order valence-electron chi connectivity index (χ2n) is 3.11. The lowest BCUT2D eigenvalue weighted by molar-refractivity contribution is -0.572. The zero-order valence-corrected chi connectivity index (χ0v) is 11.5. The van der Waals surface area contributed by atoms with Crippen molar-refractivity contribution in [3.8, 4) is 0 Å². The molecule has 2 N–H and O–H groups in total. The van der Waals surface area contributed by atoms with E-state index >= 15 is 0 Å². The molecule has 4 heteroatoms. The molecular weight excluding hydrogens is 317 g/mol. The molecule has 0 bridgehead atoms. The molecular formula is C12H15INO2+. The van der Waals surface area contributed by atoms with Gasteiger partial charge in [-0.3, -0.25) is 0 Å². The van der Waals surface area contributed by atoms with Crippen LogP contribution in [-0.2, 0) is 9.53 Å². The van der Waals surface area contributed by atoms with Gasteiger partial charge in [0.1, 0.15) is 0 Å². The number of halogens is 1. The summed E-state index contributed by atoms with van der Waals surface area (Å²) in [7, 11) is 0. The molecule has 86 valence electrons. The van der Waals surface area contributed by atoms with Crippen molar-refractivity contribution in [2.45, 2.75) is 13.8 Å². The number of carbonyl (C=O) groups excluding carboxylic acids is 1. The van der Waals surface area contributed by atoms with Crippen LogP contribution in [0.1, 0.15) is 13.8 Å². The molecule has 0 radical (unpaired) electrons. The first-order chi connectivity index (χ1) is 7.65. The highest BCUT2D eigenvalue weighted by Gasteiger charge is 2.29. The number of carbonyl (C=O) groups is 1. The van der Waals surface area contributed by atoms with Crippen LogP contribution in [0.15, 0.2) is 39.6 Å². The Balaban J connectivity index is 2.83. The average Bonchev–Trinajstić information content (AvgIpc) is 2.27. The van der Waals surface area contributed by atoms with Crippen LogP contribution in [0.4, 0.5) is 0 Å². The van der Waals surface area contributed by atoms with Gasteiger partial charge in [0, 0.05) is 0 Å². The fraction of sp³-hybridized carbons (Fsp3) is 0.250. The minimum absolute atomic E-state index is 0.279. The van der Waals surface area contributed by atoms with Crippen LogP contribution in [0.2, 0.25) is 0 Å². The fourth-order valence-corrected chi connectivity index (χ4v) is 3.25. The molecule has 0 aliphatic carbocycles. The molecule has 1 aromatic rings. The number of hydrogen-bond acceptors (Lipinski definition) is 3. The fourth-order valence-electron chi connectivity index (χ4n) is 1.06. The Morgan fingerprint density at radius 2 is 2.00 bits per heavy atom. The molecule has 0 saturated carbocycles. The predicted molar refractivity (Wildman–Crippen MR) is 58.7 cm³/mol. The van der Waals surface area contributed by atoms with Gasteiger partial charge < -0.3 is 10.5 Å². The molecule has 0 aliphatic rings. The Morgan fingerprint density at radius 3 is 2.50 bits per heavy atom. The van der Waals surface area contributed by atoms with Crippen LogP contribution in [-0.4, -0.2) is 12.6 Å². The van der Waals surface area contributed by atoms with Crippen molar-refractivity contribution in [1.29, 1.82) is 0 Å². The van der Waals surface area contributed by atoms with E-state index in [0.717, 1.165) is 3.57 Å². The first-order valence-corrected chi connectivity index (χ1v) is 7.14. The van der Waals surface area contributed by atoms with Crippen molar-refractivity contribution in [2.75, 3.05) is 6.61 Å². The van der Waals surface area contributed by atoms with E-state index in [2.05, 4.69) is 0 Å². The number of hydrogen-bond donors (Lipinski definition) is 1. The summed E-state index contributed by atoms with van der Waals surface area (Å²) in [6.45, 7) is 3.92. The number of benzene rings is 1. The molecule has 1 rings (SSSR count). The van der Waals surface area contributed by atoms with Gasteiger partial charge in [0.05, 0.1) is 12.3 Å². The van der Waals surface area contributed by atoms with E-state index in [4.69, 9.17) is 10.5 Å². The molecule has 0 aromatic heterocycles. The van der Waals surface area contributed by atoms with Gasteiger partial charge in [-0.15, -0.1) is 0 Å². The van der Waals surface area contributed by atoms with Crippen LogP contribution >= 0.6 is 0 Å². The van der Waals surface area contributed by atoms with Crippen molar-refractivity contribution in [3.63, 3.8) is 0 Å². The van der Waals surface area contributed by atoms with Gasteiger partial charge in [0.25, 0.3) is 3.58 Å². The minimum atomic E-state index is -0.552. The van der Waals surface area contributed by atoms with Crippen LogP contribution in [0, 0.1) is 3.57 Å². The highest BCUT2D eigenvalue weighted by molar-refractivity contribution is 5.86. The van der Waals surface area contributed by atoms with Gasteiger partial charge in [-0.1, -0.05) is 18.2 Å². The summed E-state index contributed by atoms with van der Waals surface area (Å²) in [4.78, 5) is 11.7. The van der Waals surface area contributed by atoms with Crippen LogP contribution in [0.5, 0.6) is 0 Å². The molecule has 0 atom stereocenters. The smallest absolute Gasteiger partial charge is 0.387 e. The largest absolute Gasteiger partial charge is 0.459 e. The summed E-state index contributed by atoms with van der Waals surface area (Å²) in [5.74, 6) is -0.279. The van der Waals surface area contributed by atoms with Gasteiger partial charge in [-0.25, -0.2) is 4.79 Å². The van der Waals surface area contributed by atoms with Gasteiger partial charge >= 0.3 is 27.2 Å². The van der Waals surface area contributed by atoms with Gasteiger partial charge in [-0.05, 0) is 26.0 Å².